The maximum atomic E-state index is 12.2. The monoisotopic (exact) mass is 540 g/mol. The van der Waals surface area contributed by atoms with Crippen LogP contribution in [0.5, 0.6) is 5.75 Å². The van der Waals surface area contributed by atoms with E-state index in [9.17, 15) is 19.7 Å². The molecular formula is C19H14Br2N2O5S. The fourth-order valence-electron chi connectivity index (χ4n) is 2.64. The highest BCUT2D eigenvalue weighted by Crippen LogP contribution is 2.38. The number of hydrogen-bond acceptors (Lipinski definition) is 6. The maximum Gasteiger partial charge on any atom is 0.293 e. The number of nitro benzene ring substituents is 1. The minimum Gasteiger partial charge on any atom is -0.487 e. The van der Waals surface area contributed by atoms with Crippen LogP contribution in [0, 0.1) is 10.1 Å². The minimum atomic E-state index is -0.454. The van der Waals surface area contributed by atoms with Crippen molar-refractivity contribution in [1.82, 2.24) is 4.90 Å². The number of amides is 2. The molecule has 150 valence electrons. The third-order valence-electron chi connectivity index (χ3n) is 4.01. The highest BCUT2D eigenvalue weighted by Gasteiger charge is 2.33. The molecule has 1 aliphatic rings. The Morgan fingerprint density at radius 2 is 1.90 bits per heavy atom. The average molecular weight is 542 g/mol. The molecule has 10 heteroatoms. The molecule has 29 heavy (non-hydrogen) atoms. The zero-order chi connectivity index (χ0) is 21.1. The fraction of sp³-hybridized carbons (Fsp3) is 0.158. The third-order valence-corrected chi connectivity index (χ3v) is 6.10. The Bertz CT molecular complexity index is 1020. The molecule has 0 bridgehead atoms. The molecule has 0 saturated carbocycles. The number of rotatable bonds is 6. The van der Waals surface area contributed by atoms with E-state index in [0.29, 0.717) is 37.3 Å². The zero-order valence-electron chi connectivity index (χ0n) is 15.1. The number of imide groups is 1. The van der Waals surface area contributed by atoms with E-state index in [1.807, 2.05) is 0 Å². The van der Waals surface area contributed by atoms with Gasteiger partial charge in [-0.2, -0.15) is 0 Å². The molecule has 1 heterocycles. The number of likely N-dealkylation sites (N-methyl/N-ethyl adjacent to an activating group) is 1. The lowest BCUT2D eigenvalue weighted by Crippen LogP contribution is -2.27. The summed E-state index contributed by atoms with van der Waals surface area (Å²) in [6.45, 7) is 2.23. The highest BCUT2D eigenvalue weighted by atomic mass is 79.9. The molecule has 2 aromatic carbocycles. The van der Waals surface area contributed by atoms with Crippen molar-refractivity contribution in [3.63, 3.8) is 0 Å². The van der Waals surface area contributed by atoms with E-state index in [-0.39, 0.29) is 23.4 Å². The van der Waals surface area contributed by atoms with E-state index in [0.717, 1.165) is 11.8 Å². The SMILES string of the molecule is CCN1C(=O)S/C(=C/c2cc(Br)c(OCc3cccc([N+](=O)[O-])c3)c(Br)c2)C1=O. The normalized spacial score (nSPS) is 15.3. The van der Waals surface area contributed by atoms with Crippen LogP contribution in [0.1, 0.15) is 18.1 Å². The average Bonchev–Trinajstić information content (AvgIpc) is 2.93. The number of nitrogens with zero attached hydrogens (tertiary/aromatic N) is 2. The topological polar surface area (TPSA) is 89.8 Å². The molecule has 0 unspecified atom stereocenters. The number of carbonyl (C=O) groups excluding carboxylic acids is 2. The van der Waals surface area contributed by atoms with Crippen LogP contribution in [-0.4, -0.2) is 27.5 Å². The van der Waals surface area contributed by atoms with E-state index < -0.39 is 4.92 Å². The second-order valence-corrected chi connectivity index (χ2v) is 8.66. The molecular weight excluding hydrogens is 528 g/mol. The van der Waals surface area contributed by atoms with Crippen molar-refractivity contribution in [2.75, 3.05) is 6.54 Å². The number of carbonyl (C=O) groups is 2. The van der Waals surface area contributed by atoms with Crippen molar-refractivity contribution in [2.24, 2.45) is 0 Å². The van der Waals surface area contributed by atoms with Crippen molar-refractivity contribution in [3.8, 4) is 5.75 Å². The third kappa shape index (κ3) is 4.88. The Morgan fingerprint density at radius 1 is 1.21 bits per heavy atom. The second-order valence-electron chi connectivity index (χ2n) is 5.96. The van der Waals surface area contributed by atoms with Gasteiger partial charge in [0.25, 0.3) is 16.8 Å². The lowest BCUT2D eigenvalue weighted by atomic mass is 10.2. The van der Waals surface area contributed by atoms with E-state index in [1.54, 1.807) is 37.3 Å². The predicted molar refractivity (Wildman–Crippen MR) is 118 cm³/mol. The zero-order valence-corrected chi connectivity index (χ0v) is 19.0. The van der Waals surface area contributed by atoms with Crippen LogP contribution in [0.4, 0.5) is 10.5 Å². The van der Waals surface area contributed by atoms with Gasteiger partial charge in [0.15, 0.2) is 0 Å². The molecule has 0 spiro atoms. The Hall–Kier alpha value is -2.17. The Morgan fingerprint density at radius 3 is 2.48 bits per heavy atom. The summed E-state index contributed by atoms with van der Waals surface area (Å²) >= 11 is 7.81. The minimum absolute atomic E-state index is 0.000560. The Labute approximate surface area is 187 Å². The van der Waals surface area contributed by atoms with Gasteiger partial charge in [-0.05, 0) is 79.9 Å². The molecule has 0 aliphatic carbocycles. The summed E-state index contributed by atoms with van der Waals surface area (Å²) in [6.07, 6.45) is 1.65. The molecule has 1 aliphatic heterocycles. The molecule has 0 atom stereocenters. The van der Waals surface area contributed by atoms with Gasteiger partial charge in [0.05, 0.1) is 18.8 Å². The summed E-state index contributed by atoms with van der Waals surface area (Å²) in [6, 6.07) is 9.77. The summed E-state index contributed by atoms with van der Waals surface area (Å²) in [7, 11) is 0. The number of ether oxygens (including phenoxy) is 1. The van der Waals surface area contributed by atoms with E-state index in [2.05, 4.69) is 31.9 Å². The molecule has 1 fully saturated rings. The molecule has 0 aromatic heterocycles. The van der Waals surface area contributed by atoms with Crippen molar-refractivity contribution in [2.45, 2.75) is 13.5 Å². The summed E-state index contributed by atoms with van der Waals surface area (Å²) in [4.78, 5) is 36.1. The molecule has 3 rings (SSSR count). The van der Waals surface area contributed by atoms with Crippen LogP contribution < -0.4 is 4.74 Å². The number of thioether (sulfide) groups is 1. The van der Waals surface area contributed by atoms with Crippen LogP contribution in [0.3, 0.4) is 0 Å². The van der Waals surface area contributed by atoms with Gasteiger partial charge in [0.1, 0.15) is 12.4 Å². The first-order valence-corrected chi connectivity index (χ1v) is 10.8. The first kappa shape index (κ1) is 21.5. The van der Waals surface area contributed by atoms with Crippen LogP contribution >= 0.6 is 43.6 Å². The first-order valence-electron chi connectivity index (χ1n) is 8.40. The van der Waals surface area contributed by atoms with Gasteiger partial charge in [0, 0.05) is 18.7 Å². The van der Waals surface area contributed by atoms with Crippen LogP contribution in [0.2, 0.25) is 0 Å². The van der Waals surface area contributed by atoms with E-state index in [1.165, 1.54) is 17.0 Å². The van der Waals surface area contributed by atoms with Crippen molar-refractivity contribution in [1.29, 1.82) is 0 Å². The molecule has 7 nitrogen and oxygen atoms in total. The van der Waals surface area contributed by atoms with Gasteiger partial charge < -0.3 is 4.74 Å². The lowest BCUT2D eigenvalue weighted by Gasteiger charge is -2.12. The smallest absolute Gasteiger partial charge is 0.293 e. The van der Waals surface area contributed by atoms with Crippen LogP contribution in [0.25, 0.3) is 6.08 Å². The Kier molecular flexibility index (Phi) is 6.76. The second kappa shape index (κ2) is 9.10. The summed E-state index contributed by atoms with van der Waals surface area (Å²) in [5.41, 5.74) is 1.38. The Balaban J connectivity index is 1.79. The number of halogens is 2. The molecule has 2 aromatic rings. The highest BCUT2D eigenvalue weighted by molar-refractivity contribution is 9.11. The predicted octanol–water partition coefficient (Wildman–Crippen LogP) is 5.76. The van der Waals surface area contributed by atoms with Gasteiger partial charge in [0.2, 0.25) is 0 Å². The van der Waals surface area contributed by atoms with Gasteiger partial charge in [-0.15, -0.1) is 0 Å². The lowest BCUT2D eigenvalue weighted by molar-refractivity contribution is -0.384. The molecule has 0 N–H and O–H groups in total. The van der Waals surface area contributed by atoms with E-state index >= 15 is 0 Å². The number of hydrogen-bond donors (Lipinski definition) is 0. The standard InChI is InChI=1S/C19H14Br2N2O5S/c1-2-22-18(24)16(29-19(22)25)9-12-7-14(20)17(15(21)8-12)28-10-11-4-3-5-13(6-11)23(26)27/h3-9H,2,10H2,1H3/b16-9+. The molecule has 0 radical (unpaired) electrons. The van der Waals surface area contributed by atoms with Gasteiger partial charge in [-0.25, -0.2) is 0 Å². The summed E-state index contributed by atoms with van der Waals surface area (Å²) < 4.78 is 7.09. The van der Waals surface area contributed by atoms with Crippen LogP contribution in [0.15, 0.2) is 50.2 Å². The van der Waals surface area contributed by atoms with Gasteiger partial charge in [-0.1, -0.05) is 12.1 Å². The molecule has 1 saturated heterocycles. The maximum absolute atomic E-state index is 12.2. The fourth-order valence-corrected chi connectivity index (χ4v) is 4.99. The van der Waals surface area contributed by atoms with Gasteiger partial charge in [-0.3, -0.25) is 24.6 Å². The van der Waals surface area contributed by atoms with Crippen molar-refractivity contribution >= 4 is 66.5 Å². The van der Waals surface area contributed by atoms with Crippen LogP contribution in [-0.2, 0) is 11.4 Å². The van der Waals surface area contributed by atoms with Gasteiger partial charge >= 0.3 is 0 Å². The van der Waals surface area contributed by atoms with E-state index in [4.69, 9.17) is 4.74 Å². The quantitative estimate of drug-likeness (QED) is 0.262. The number of benzene rings is 2. The molecule has 2 amide bonds. The van der Waals surface area contributed by atoms with Crippen molar-refractivity contribution < 1.29 is 19.2 Å². The van der Waals surface area contributed by atoms with Crippen molar-refractivity contribution in [3.05, 3.63) is 71.5 Å². The summed E-state index contributed by atoms with van der Waals surface area (Å²) in [5, 5.41) is 10.6. The summed E-state index contributed by atoms with van der Waals surface area (Å²) in [5.74, 6) is 0.219. The first-order chi connectivity index (χ1) is 13.8. The number of non-ortho nitro benzene ring substituents is 1. The largest absolute Gasteiger partial charge is 0.487 e. The number of nitro groups is 1.